The van der Waals surface area contributed by atoms with Gasteiger partial charge in [0.05, 0.1) is 10.4 Å². The third-order valence-corrected chi connectivity index (χ3v) is 5.92. The zero-order valence-electron chi connectivity index (χ0n) is 12.3. The SMILES string of the molecule is Cc1nnc2n1-c1sc(Br)c(Cc3ccc(F)cc3)c1COC2. The molecule has 3 aromatic rings. The Balaban J connectivity index is 1.80. The summed E-state index contributed by atoms with van der Waals surface area (Å²) in [6, 6.07) is 6.62. The van der Waals surface area contributed by atoms with Gasteiger partial charge in [0, 0.05) is 5.56 Å². The van der Waals surface area contributed by atoms with Crippen molar-refractivity contribution in [3.63, 3.8) is 0 Å². The molecule has 7 heteroatoms. The van der Waals surface area contributed by atoms with Crippen LogP contribution >= 0.6 is 27.3 Å². The smallest absolute Gasteiger partial charge is 0.164 e. The Bertz CT molecular complexity index is 872. The van der Waals surface area contributed by atoms with Gasteiger partial charge in [-0.15, -0.1) is 21.5 Å². The lowest BCUT2D eigenvalue weighted by Gasteiger charge is -2.06. The molecule has 0 radical (unpaired) electrons. The predicted molar refractivity (Wildman–Crippen MR) is 89.4 cm³/mol. The van der Waals surface area contributed by atoms with Crippen molar-refractivity contribution in [3.8, 4) is 5.00 Å². The summed E-state index contributed by atoms with van der Waals surface area (Å²) in [4.78, 5) is 0. The normalized spacial score (nSPS) is 13.5. The van der Waals surface area contributed by atoms with Gasteiger partial charge in [-0.2, -0.15) is 0 Å². The summed E-state index contributed by atoms with van der Waals surface area (Å²) in [5, 5.41) is 9.44. The number of hydrogen-bond acceptors (Lipinski definition) is 4. The summed E-state index contributed by atoms with van der Waals surface area (Å²) >= 11 is 5.33. The van der Waals surface area contributed by atoms with E-state index in [0.29, 0.717) is 13.2 Å². The molecule has 2 aromatic heterocycles. The molecule has 0 saturated heterocycles. The minimum absolute atomic E-state index is 0.218. The summed E-state index contributed by atoms with van der Waals surface area (Å²) in [5.41, 5.74) is 3.39. The number of ether oxygens (including phenoxy) is 1. The third-order valence-electron chi connectivity index (χ3n) is 3.91. The maximum Gasteiger partial charge on any atom is 0.164 e. The van der Waals surface area contributed by atoms with E-state index in [1.165, 1.54) is 17.7 Å². The zero-order chi connectivity index (χ0) is 16.0. The van der Waals surface area contributed by atoms with E-state index in [4.69, 9.17) is 4.74 Å². The Labute approximate surface area is 145 Å². The van der Waals surface area contributed by atoms with Crippen LogP contribution in [0.3, 0.4) is 0 Å². The standard InChI is InChI=1S/C16H13BrFN3OS/c1-9-19-20-14-8-22-7-13-12(15(17)23-16(13)21(9)14)6-10-2-4-11(18)5-3-10/h2-5H,6-8H2,1H3. The molecule has 0 fully saturated rings. The van der Waals surface area contributed by atoms with E-state index < -0.39 is 0 Å². The van der Waals surface area contributed by atoms with E-state index >= 15 is 0 Å². The summed E-state index contributed by atoms with van der Waals surface area (Å²) in [7, 11) is 0. The van der Waals surface area contributed by atoms with Gasteiger partial charge in [-0.3, -0.25) is 4.57 Å². The highest BCUT2D eigenvalue weighted by atomic mass is 79.9. The molecule has 0 atom stereocenters. The molecule has 0 spiro atoms. The van der Waals surface area contributed by atoms with Crippen LogP contribution in [-0.4, -0.2) is 14.8 Å². The van der Waals surface area contributed by atoms with Crippen LogP contribution in [0.2, 0.25) is 0 Å². The van der Waals surface area contributed by atoms with Crippen molar-refractivity contribution in [3.05, 3.63) is 62.2 Å². The molecule has 118 valence electrons. The number of hydrogen-bond donors (Lipinski definition) is 0. The Kier molecular flexibility index (Phi) is 3.79. The molecular formula is C16H13BrFN3OS. The fourth-order valence-electron chi connectivity index (χ4n) is 2.78. The molecule has 3 heterocycles. The molecule has 0 amide bonds. The van der Waals surface area contributed by atoms with Crippen LogP contribution in [0.15, 0.2) is 28.1 Å². The molecular weight excluding hydrogens is 381 g/mol. The lowest BCUT2D eigenvalue weighted by molar-refractivity contribution is 0.104. The molecule has 4 rings (SSSR count). The van der Waals surface area contributed by atoms with Crippen LogP contribution in [0.25, 0.3) is 5.00 Å². The van der Waals surface area contributed by atoms with Crippen LogP contribution < -0.4 is 0 Å². The van der Waals surface area contributed by atoms with E-state index in [9.17, 15) is 4.39 Å². The Morgan fingerprint density at radius 3 is 2.83 bits per heavy atom. The third kappa shape index (κ3) is 2.62. The lowest BCUT2D eigenvalue weighted by atomic mass is 10.0. The monoisotopic (exact) mass is 393 g/mol. The quantitative estimate of drug-likeness (QED) is 0.656. The highest BCUT2D eigenvalue weighted by molar-refractivity contribution is 9.11. The number of nitrogens with zero attached hydrogens (tertiary/aromatic N) is 3. The predicted octanol–water partition coefficient (Wildman–Crippen LogP) is 4.16. The number of aryl methyl sites for hydroxylation is 1. The molecule has 1 aliphatic rings. The van der Waals surface area contributed by atoms with Crippen LogP contribution in [0.1, 0.15) is 28.3 Å². The van der Waals surface area contributed by atoms with E-state index in [1.54, 1.807) is 11.3 Å². The van der Waals surface area contributed by atoms with Gasteiger partial charge in [0.15, 0.2) is 5.82 Å². The van der Waals surface area contributed by atoms with Crippen molar-refractivity contribution >= 4 is 27.3 Å². The average Bonchev–Trinajstić information content (AvgIpc) is 2.97. The molecule has 0 N–H and O–H groups in total. The second-order valence-electron chi connectivity index (χ2n) is 5.43. The van der Waals surface area contributed by atoms with Crippen molar-refractivity contribution in [2.24, 2.45) is 0 Å². The fourth-order valence-corrected chi connectivity index (χ4v) is 4.74. The maximum atomic E-state index is 13.1. The zero-order valence-corrected chi connectivity index (χ0v) is 14.7. The molecule has 1 aliphatic heterocycles. The van der Waals surface area contributed by atoms with Crippen LogP contribution in [0.5, 0.6) is 0 Å². The molecule has 0 aliphatic carbocycles. The Morgan fingerprint density at radius 2 is 2.04 bits per heavy atom. The van der Waals surface area contributed by atoms with E-state index in [2.05, 4.69) is 30.7 Å². The van der Waals surface area contributed by atoms with Crippen molar-refractivity contribution in [2.45, 2.75) is 26.6 Å². The molecule has 0 unspecified atom stereocenters. The van der Waals surface area contributed by atoms with Gasteiger partial charge in [0.2, 0.25) is 0 Å². The largest absolute Gasteiger partial charge is 0.369 e. The first-order valence-corrected chi connectivity index (χ1v) is 8.78. The first-order valence-electron chi connectivity index (χ1n) is 7.17. The lowest BCUT2D eigenvalue weighted by Crippen LogP contribution is -2.00. The second kappa shape index (κ2) is 5.81. The van der Waals surface area contributed by atoms with Crippen LogP contribution in [-0.2, 0) is 24.4 Å². The second-order valence-corrected chi connectivity index (χ2v) is 7.75. The molecule has 0 bridgehead atoms. The Morgan fingerprint density at radius 1 is 1.26 bits per heavy atom. The van der Waals surface area contributed by atoms with Crippen molar-refractivity contribution in [2.75, 3.05) is 0 Å². The van der Waals surface area contributed by atoms with Gasteiger partial charge in [-0.1, -0.05) is 12.1 Å². The average molecular weight is 394 g/mol. The molecule has 23 heavy (non-hydrogen) atoms. The fraction of sp³-hybridized carbons (Fsp3) is 0.250. The van der Waals surface area contributed by atoms with Crippen LogP contribution in [0, 0.1) is 12.7 Å². The summed E-state index contributed by atoms with van der Waals surface area (Å²) in [6.07, 6.45) is 0.729. The number of aromatic nitrogens is 3. The van der Waals surface area contributed by atoms with Crippen molar-refractivity contribution in [1.29, 1.82) is 0 Å². The minimum Gasteiger partial charge on any atom is -0.369 e. The van der Waals surface area contributed by atoms with Gasteiger partial charge in [0.25, 0.3) is 0 Å². The van der Waals surface area contributed by atoms with E-state index in [1.807, 2.05) is 19.1 Å². The van der Waals surface area contributed by atoms with Crippen molar-refractivity contribution in [1.82, 2.24) is 14.8 Å². The Hall–Kier alpha value is -1.57. The summed E-state index contributed by atoms with van der Waals surface area (Å²) < 4.78 is 22.0. The van der Waals surface area contributed by atoms with E-state index in [0.717, 1.165) is 38.0 Å². The number of rotatable bonds is 2. The van der Waals surface area contributed by atoms with Crippen molar-refractivity contribution < 1.29 is 9.13 Å². The van der Waals surface area contributed by atoms with Gasteiger partial charge < -0.3 is 4.74 Å². The first kappa shape index (κ1) is 15.0. The van der Waals surface area contributed by atoms with E-state index in [-0.39, 0.29) is 5.82 Å². The van der Waals surface area contributed by atoms with Gasteiger partial charge >= 0.3 is 0 Å². The topological polar surface area (TPSA) is 39.9 Å². The minimum atomic E-state index is -0.218. The molecule has 4 nitrogen and oxygen atoms in total. The number of benzene rings is 1. The molecule has 1 aromatic carbocycles. The van der Waals surface area contributed by atoms with Gasteiger partial charge in [0.1, 0.15) is 23.2 Å². The highest BCUT2D eigenvalue weighted by Crippen LogP contribution is 2.40. The first-order chi connectivity index (χ1) is 11.1. The highest BCUT2D eigenvalue weighted by Gasteiger charge is 2.25. The van der Waals surface area contributed by atoms with Crippen LogP contribution in [0.4, 0.5) is 4.39 Å². The van der Waals surface area contributed by atoms with Gasteiger partial charge in [-0.05, 0) is 52.5 Å². The number of halogens is 2. The maximum absolute atomic E-state index is 13.1. The summed E-state index contributed by atoms with van der Waals surface area (Å²) in [5.74, 6) is 1.46. The number of fused-ring (bicyclic) bond motifs is 3. The summed E-state index contributed by atoms with van der Waals surface area (Å²) in [6.45, 7) is 2.94. The number of thiophene rings is 1. The molecule has 0 saturated carbocycles. The van der Waals surface area contributed by atoms with Gasteiger partial charge in [-0.25, -0.2) is 4.39 Å².